The van der Waals surface area contributed by atoms with Crippen LogP contribution < -0.4 is 14.2 Å². The first-order valence-corrected chi connectivity index (χ1v) is 15.3. The molecule has 1 aliphatic rings. The molecule has 0 saturated carbocycles. The predicted molar refractivity (Wildman–Crippen MR) is 162 cm³/mol. The predicted octanol–water partition coefficient (Wildman–Crippen LogP) is 6.92. The number of rotatable bonds is 9. The molecule has 4 aromatic rings. The van der Waals surface area contributed by atoms with Crippen LogP contribution in [-0.2, 0) is 13.1 Å². The number of aromatic hydroxyl groups is 1. The van der Waals surface area contributed by atoms with Crippen LogP contribution in [0.2, 0.25) is 0 Å². The molecule has 1 N–H and O–H groups in total. The third-order valence-electron chi connectivity index (χ3n) is 7.05. The molecule has 2 heterocycles. The van der Waals surface area contributed by atoms with Crippen molar-refractivity contribution >= 4 is 32.9 Å². The molecule has 1 saturated heterocycles. The minimum Gasteiger partial charge on any atom is -0.508 e. The number of nitrogens with zero attached hydrogens (tertiary/aromatic N) is 2. The average Bonchev–Trinajstić information content (AvgIpc) is 3.36. The van der Waals surface area contributed by atoms with Crippen molar-refractivity contribution in [3.63, 3.8) is 0 Å². The maximum absolute atomic E-state index is 10.7. The minimum absolute atomic E-state index is 0.328. The van der Waals surface area contributed by atoms with Gasteiger partial charge in [-0.15, -0.1) is 0 Å². The second-order valence-corrected chi connectivity index (χ2v) is 12.3. The summed E-state index contributed by atoms with van der Waals surface area (Å²) in [6.07, 6.45) is 0. The molecule has 9 heteroatoms. The van der Waals surface area contributed by atoms with E-state index in [1.807, 2.05) is 42.5 Å². The first kappa shape index (κ1) is 27.6. The fraction of sp³-hybridized carbons (Fsp3) is 0.300. The topological polar surface area (TPSA) is 54.4 Å². The molecule has 0 atom stereocenters. The van der Waals surface area contributed by atoms with E-state index in [4.69, 9.17) is 26.4 Å². The van der Waals surface area contributed by atoms with Gasteiger partial charge in [0.05, 0.1) is 26.2 Å². The Morgan fingerprint density at radius 3 is 2.10 bits per heavy atom. The first-order valence-electron chi connectivity index (χ1n) is 12.7. The van der Waals surface area contributed by atoms with E-state index in [1.54, 1.807) is 42.0 Å². The van der Waals surface area contributed by atoms with Gasteiger partial charge in [0.2, 0.25) is 0 Å². The lowest BCUT2D eigenvalue weighted by Crippen LogP contribution is -2.45. The van der Waals surface area contributed by atoms with Gasteiger partial charge in [-0.1, -0.05) is 63.2 Å². The molecule has 0 unspecified atom stereocenters. The van der Waals surface area contributed by atoms with Gasteiger partial charge in [-0.2, -0.15) is 0 Å². The Hall–Kier alpha value is -2.95. The van der Waals surface area contributed by atoms with E-state index in [-0.39, 0.29) is 0 Å². The third-order valence-corrected chi connectivity index (χ3v) is 10.1. The quantitative estimate of drug-likeness (QED) is 0.170. The zero-order valence-electron chi connectivity index (χ0n) is 22.3. The summed E-state index contributed by atoms with van der Waals surface area (Å²) in [6.45, 7) is 5.07. The molecule has 39 heavy (non-hydrogen) atoms. The van der Waals surface area contributed by atoms with Crippen LogP contribution in [0.4, 0.5) is 0 Å². The number of benzene rings is 3. The monoisotopic (exact) mass is 580 g/mol. The summed E-state index contributed by atoms with van der Waals surface area (Å²) < 4.78 is 17.5. The van der Waals surface area contributed by atoms with Crippen LogP contribution in [0, 0.1) is 3.82 Å². The molecule has 0 bridgehead atoms. The van der Waals surface area contributed by atoms with Crippen LogP contribution in [0.25, 0.3) is 21.6 Å². The highest BCUT2D eigenvalue weighted by atomic mass is 32.9. The Balaban J connectivity index is 1.28. The Morgan fingerprint density at radius 2 is 1.46 bits per heavy atom. The summed E-state index contributed by atoms with van der Waals surface area (Å²) in [4.78, 5) is 5.96. The molecule has 1 aliphatic heterocycles. The van der Waals surface area contributed by atoms with E-state index in [1.165, 1.54) is 0 Å². The zero-order chi connectivity index (χ0) is 27.4. The number of ether oxygens (including phenoxy) is 3. The number of hydrogen-bond donors (Lipinski definition) is 1. The van der Waals surface area contributed by atoms with E-state index in [2.05, 4.69) is 28.0 Å². The number of methoxy groups -OCH3 is 3. The lowest BCUT2D eigenvalue weighted by Gasteiger charge is -2.35. The number of hydrogen-bond acceptors (Lipinski definition) is 9. The SMILES string of the molecule is COc1cc(CN2CCN(Cc3cc(-c4ssc(=S)c4-c4ccccc4)ccc3O)CC2)c(OC)c(OC)c1. The summed E-state index contributed by atoms with van der Waals surface area (Å²) in [5.41, 5.74) is 5.31. The summed E-state index contributed by atoms with van der Waals surface area (Å²) >= 11 is 5.69. The lowest BCUT2D eigenvalue weighted by molar-refractivity contribution is 0.120. The highest BCUT2D eigenvalue weighted by Crippen LogP contribution is 2.42. The molecule has 0 radical (unpaired) electrons. The smallest absolute Gasteiger partial charge is 0.165 e. The average molecular weight is 581 g/mol. The zero-order valence-corrected chi connectivity index (χ0v) is 24.8. The van der Waals surface area contributed by atoms with Crippen LogP contribution in [-0.4, -0.2) is 62.4 Å². The molecule has 0 aliphatic carbocycles. The van der Waals surface area contributed by atoms with E-state index < -0.39 is 0 Å². The van der Waals surface area contributed by atoms with Crippen LogP contribution in [0.5, 0.6) is 23.0 Å². The van der Waals surface area contributed by atoms with Gasteiger partial charge in [-0.25, -0.2) is 0 Å². The highest BCUT2D eigenvalue weighted by Gasteiger charge is 2.22. The van der Waals surface area contributed by atoms with Crippen molar-refractivity contribution in [1.82, 2.24) is 9.80 Å². The normalized spacial score (nSPS) is 14.3. The van der Waals surface area contributed by atoms with Crippen molar-refractivity contribution in [2.75, 3.05) is 47.5 Å². The van der Waals surface area contributed by atoms with Crippen molar-refractivity contribution in [2.24, 2.45) is 0 Å². The summed E-state index contributed by atoms with van der Waals surface area (Å²) in [5, 5.41) is 10.7. The van der Waals surface area contributed by atoms with Crippen LogP contribution in [0.1, 0.15) is 11.1 Å². The molecule has 0 amide bonds. The van der Waals surface area contributed by atoms with Gasteiger partial charge in [0.1, 0.15) is 15.3 Å². The molecular formula is C30H32N2O4S3. The second-order valence-electron chi connectivity index (χ2n) is 9.44. The van der Waals surface area contributed by atoms with Crippen molar-refractivity contribution in [2.45, 2.75) is 13.1 Å². The van der Waals surface area contributed by atoms with Gasteiger partial charge in [0.15, 0.2) is 11.5 Å². The molecule has 6 nitrogen and oxygen atoms in total. The molecule has 204 valence electrons. The van der Waals surface area contributed by atoms with Gasteiger partial charge in [0, 0.05) is 62.0 Å². The Bertz CT molecular complexity index is 1480. The molecule has 1 fully saturated rings. The third kappa shape index (κ3) is 6.13. The van der Waals surface area contributed by atoms with Gasteiger partial charge in [-0.3, -0.25) is 9.80 Å². The fourth-order valence-electron chi connectivity index (χ4n) is 4.99. The van der Waals surface area contributed by atoms with Gasteiger partial charge < -0.3 is 19.3 Å². The van der Waals surface area contributed by atoms with Crippen molar-refractivity contribution in [3.05, 3.63) is 75.6 Å². The summed E-state index contributed by atoms with van der Waals surface area (Å²) in [7, 11) is 8.30. The first-order chi connectivity index (χ1) is 19.0. The summed E-state index contributed by atoms with van der Waals surface area (Å²) in [6, 6.07) is 20.1. The van der Waals surface area contributed by atoms with Crippen LogP contribution in [0.3, 0.4) is 0 Å². The van der Waals surface area contributed by atoms with E-state index >= 15 is 0 Å². The maximum Gasteiger partial charge on any atom is 0.165 e. The molecule has 0 spiro atoms. The minimum atomic E-state index is 0.328. The second kappa shape index (κ2) is 12.5. The number of phenols is 1. The largest absolute Gasteiger partial charge is 0.508 e. The number of phenolic OH excluding ortho intramolecular Hbond substituents is 1. The Kier molecular flexibility index (Phi) is 8.84. The van der Waals surface area contributed by atoms with E-state index in [0.29, 0.717) is 18.0 Å². The Morgan fingerprint density at radius 1 is 0.769 bits per heavy atom. The van der Waals surface area contributed by atoms with Crippen molar-refractivity contribution < 1.29 is 19.3 Å². The van der Waals surface area contributed by atoms with Crippen LogP contribution >= 0.6 is 32.9 Å². The molecule has 5 rings (SSSR count). The highest BCUT2D eigenvalue weighted by molar-refractivity contribution is 7.80. The Labute approximate surface area is 242 Å². The van der Waals surface area contributed by atoms with E-state index in [0.717, 1.165) is 80.7 Å². The summed E-state index contributed by atoms with van der Waals surface area (Å²) in [5.74, 6) is 2.50. The lowest BCUT2D eigenvalue weighted by atomic mass is 10.0. The molecular weight excluding hydrogens is 549 g/mol. The molecule has 3 aromatic carbocycles. The fourth-order valence-corrected chi connectivity index (χ4v) is 7.90. The van der Waals surface area contributed by atoms with Crippen LogP contribution in [0.15, 0.2) is 60.7 Å². The van der Waals surface area contributed by atoms with Crippen molar-refractivity contribution in [3.8, 4) is 44.6 Å². The van der Waals surface area contributed by atoms with Gasteiger partial charge >= 0.3 is 0 Å². The van der Waals surface area contributed by atoms with Gasteiger partial charge in [-0.05, 0) is 35.4 Å². The van der Waals surface area contributed by atoms with Crippen molar-refractivity contribution in [1.29, 1.82) is 0 Å². The van der Waals surface area contributed by atoms with Gasteiger partial charge in [0.25, 0.3) is 0 Å². The maximum atomic E-state index is 10.7. The van der Waals surface area contributed by atoms with E-state index in [9.17, 15) is 5.11 Å². The molecule has 1 aromatic heterocycles. The number of piperazine rings is 1. The standard InChI is InChI=1S/C30H32N2O4S3/c1-34-24-16-23(28(36-3)26(17-24)35-2)19-32-13-11-31(12-14-32)18-22-15-21(9-10-25(22)33)29-27(30(37)39-38-29)20-7-5-4-6-8-20/h4-10,15-17,33H,11-14,18-19H2,1-3H3.